The van der Waals surface area contributed by atoms with Crippen LogP contribution in [0.1, 0.15) is 22.2 Å². The third-order valence-corrected chi connectivity index (χ3v) is 6.27. The molecule has 34 heavy (non-hydrogen) atoms. The minimum Gasteiger partial charge on any atom is -0.483 e. The summed E-state index contributed by atoms with van der Waals surface area (Å²) >= 11 is 9.80. The maximum Gasteiger partial charge on any atom is 0.404 e. The van der Waals surface area contributed by atoms with Crippen LogP contribution in [0, 0.1) is 17.0 Å². The van der Waals surface area contributed by atoms with Gasteiger partial charge in [-0.05, 0) is 61.9 Å². The molecule has 0 atom stereocenters. The van der Waals surface area contributed by atoms with Crippen molar-refractivity contribution >= 4 is 65.4 Å². The van der Waals surface area contributed by atoms with Gasteiger partial charge in [-0.15, -0.1) is 0 Å². The van der Waals surface area contributed by atoms with Crippen LogP contribution >= 0.6 is 47.8 Å². The fraction of sp³-hybridized carbons (Fsp3) is 0.278. The lowest BCUT2D eigenvalue weighted by Crippen LogP contribution is -2.36. The molecule has 16 heteroatoms. The van der Waals surface area contributed by atoms with Crippen molar-refractivity contribution in [3.8, 4) is 5.75 Å². The Bertz CT molecular complexity index is 1230. The number of halogens is 3. The summed E-state index contributed by atoms with van der Waals surface area (Å²) in [4.78, 5) is 38.4. The Labute approximate surface area is 217 Å². The lowest BCUT2D eigenvalue weighted by molar-refractivity contribution is -0.390. The van der Waals surface area contributed by atoms with Crippen molar-refractivity contribution in [1.29, 1.82) is 0 Å². The third-order valence-electron chi connectivity index (χ3n) is 4.23. The SMILES string of the molecule is Cc1c(Br)c([N+](=O)[O-])nn1Cc1noc(C(=O)NCCNC(=O)COc2ccc(Br)cc2Br)n1. The highest BCUT2D eigenvalue weighted by Gasteiger charge is 2.25. The van der Waals surface area contributed by atoms with E-state index in [9.17, 15) is 19.7 Å². The number of benzene rings is 1. The predicted molar refractivity (Wildman–Crippen MR) is 127 cm³/mol. The molecule has 0 bridgehead atoms. The van der Waals surface area contributed by atoms with Gasteiger partial charge in [-0.2, -0.15) is 9.67 Å². The van der Waals surface area contributed by atoms with Crippen LogP contribution in [0.2, 0.25) is 0 Å². The highest BCUT2D eigenvalue weighted by molar-refractivity contribution is 9.11. The minimum absolute atomic E-state index is 0.0282. The molecular weight excluding hydrogens is 650 g/mol. The zero-order valence-electron chi connectivity index (χ0n) is 17.4. The number of rotatable bonds is 10. The highest BCUT2D eigenvalue weighted by Crippen LogP contribution is 2.28. The molecule has 180 valence electrons. The summed E-state index contributed by atoms with van der Waals surface area (Å²) < 4.78 is 13.5. The first-order valence-corrected chi connectivity index (χ1v) is 11.9. The van der Waals surface area contributed by atoms with Gasteiger partial charge in [0.05, 0.1) is 15.3 Å². The number of carbonyl (C=O) groups excluding carboxylic acids is 2. The normalized spacial score (nSPS) is 10.7. The Morgan fingerprint density at radius 3 is 2.65 bits per heavy atom. The van der Waals surface area contributed by atoms with Crippen molar-refractivity contribution in [3.05, 3.63) is 59.1 Å². The fourth-order valence-electron chi connectivity index (χ4n) is 2.56. The largest absolute Gasteiger partial charge is 0.483 e. The summed E-state index contributed by atoms with van der Waals surface area (Å²) in [7, 11) is 0. The molecule has 3 rings (SSSR count). The molecule has 0 saturated heterocycles. The van der Waals surface area contributed by atoms with Gasteiger partial charge in [0.1, 0.15) is 16.8 Å². The fourth-order valence-corrected chi connectivity index (χ4v) is 4.15. The van der Waals surface area contributed by atoms with E-state index >= 15 is 0 Å². The highest BCUT2D eigenvalue weighted by atomic mass is 79.9. The van der Waals surface area contributed by atoms with Gasteiger partial charge in [-0.25, -0.2) is 0 Å². The van der Waals surface area contributed by atoms with E-state index in [0.717, 1.165) is 4.47 Å². The maximum atomic E-state index is 12.2. The zero-order chi connectivity index (χ0) is 24.8. The molecule has 0 aliphatic carbocycles. The van der Waals surface area contributed by atoms with Gasteiger partial charge < -0.3 is 30.0 Å². The lowest BCUT2D eigenvalue weighted by atomic mass is 10.3. The minimum atomic E-state index is -0.632. The first kappa shape index (κ1) is 25.8. The molecule has 2 aromatic heterocycles. The molecule has 0 radical (unpaired) electrons. The van der Waals surface area contributed by atoms with E-state index in [1.807, 2.05) is 0 Å². The summed E-state index contributed by atoms with van der Waals surface area (Å²) in [5.74, 6) is -0.987. The van der Waals surface area contributed by atoms with Crippen LogP contribution in [0.3, 0.4) is 0 Å². The molecule has 13 nitrogen and oxygen atoms in total. The second kappa shape index (κ2) is 11.5. The number of ether oxygens (including phenoxy) is 1. The quantitative estimate of drug-likeness (QED) is 0.188. The number of hydrogen-bond donors (Lipinski definition) is 2. The van der Waals surface area contributed by atoms with Crippen LogP contribution < -0.4 is 15.4 Å². The molecule has 0 unspecified atom stereocenters. The number of amides is 2. The van der Waals surface area contributed by atoms with Gasteiger partial charge >= 0.3 is 17.6 Å². The Kier molecular flexibility index (Phi) is 8.73. The molecular formula is C18H16Br3N7O6. The predicted octanol–water partition coefficient (Wildman–Crippen LogP) is 2.74. The Balaban J connectivity index is 1.42. The van der Waals surface area contributed by atoms with Crippen molar-refractivity contribution in [1.82, 2.24) is 30.6 Å². The number of nitro groups is 1. The molecule has 0 aliphatic heterocycles. The van der Waals surface area contributed by atoms with Crippen molar-refractivity contribution in [2.75, 3.05) is 19.7 Å². The van der Waals surface area contributed by atoms with Gasteiger partial charge in [0.2, 0.25) is 0 Å². The zero-order valence-corrected chi connectivity index (χ0v) is 22.1. The number of aromatic nitrogens is 4. The van der Waals surface area contributed by atoms with Gasteiger partial charge in [-0.1, -0.05) is 21.1 Å². The molecule has 3 aromatic rings. The Hall–Kier alpha value is -2.85. The lowest BCUT2D eigenvalue weighted by Gasteiger charge is -2.09. The van der Waals surface area contributed by atoms with Crippen molar-refractivity contribution < 1.29 is 23.8 Å². The van der Waals surface area contributed by atoms with Crippen LogP contribution in [0.5, 0.6) is 5.75 Å². The molecule has 2 amide bonds. The average Bonchev–Trinajstić information content (AvgIpc) is 3.36. The van der Waals surface area contributed by atoms with E-state index in [4.69, 9.17) is 9.26 Å². The van der Waals surface area contributed by atoms with E-state index in [2.05, 4.69) is 73.7 Å². The van der Waals surface area contributed by atoms with E-state index in [-0.39, 0.29) is 54.2 Å². The van der Waals surface area contributed by atoms with Crippen molar-refractivity contribution in [3.63, 3.8) is 0 Å². The second-order valence-electron chi connectivity index (χ2n) is 6.62. The van der Waals surface area contributed by atoms with Crippen LogP contribution in [-0.4, -0.2) is 56.4 Å². The van der Waals surface area contributed by atoms with Gasteiger partial charge in [0.15, 0.2) is 12.4 Å². The molecule has 2 heterocycles. The molecule has 2 N–H and O–H groups in total. The van der Waals surface area contributed by atoms with Crippen molar-refractivity contribution in [2.24, 2.45) is 0 Å². The monoisotopic (exact) mass is 663 g/mol. The Morgan fingerprint density at radius 1 is 1.24 bits per heavy atom. The third kappa shape index (κ3) is 6.60. The van der Waals surface area contributed by atoms with Gasteiger partial charge in [0, 0.05) is 17.6 Å². The summed E-state index contributed by atoms with van der Waals surface area (Å²) in [6.07, 6.45) is 0. The van der Waals surface area contributed by atoms with E-state index in [0.29, 0.717) is 15.9 Å². The molecule has 0 fully saturated rings. The molecule has 0 saturated carbocycles. The molecule has 0 spiro atoms. The summed E-state index contributed by atoms with van der Waals surface area (Å²) in [5.41, 5.74) is 0.495. The number of nitrogens with one attached hydrogen (secondary N) is 2. The van der Waals surface area contributed by atoms with Crippen LogP contribution in [0.4, 0.5) is 5.82 Å². The topological polar surface area (TPSA) is 167 Å². The second-order valence-corrected chi connectivity index (χ2v) is 9.19. The average molecular weight is 666 g/mol. The Morgan fingerprint density at radius 2 is 1.97 bits per heavy atom. The first-order valence-electron chi connectivity index (χ1n) is 9.48. The van der Waals surface area contributed by atoms with E-state index < -0.39 is 10.8 Å². The number of nitrogens with zero attached hydrogens (tertiary/aromatic N) is 5. The van der Waals surface area contributed by atoms with Gasteiger partial charge in [0.25, 0.3) is 5.91 Å². The standard InChI is InChI=1S/C18H16Br3N7O6/c1-9-15(21)16(28(31)32)25-27(9)7-13-24-18(34-26-13)17(30)23-5-4-22-14(29)8-33-12-3-2-10(19)6-11(12)20/h2-3,6H,4-5,7-8H2,1H3,(H,22,29)(H,23,30). The summed E-state index contributed by atoms with van der Waals surface area (Å²) in [6, 6.07) is 5.30. The van der Waals surface area contributed by atoms with E-state index in [1.54, 1.807) is 25.1 Å². The van der Waals surface area contributed by atoms with E-state index in [1.165, 1.54) is 4.68 Å². The van der Waals surface area contributed by atoms with Crippen LogP contribution in [-0.2, 0) is 11.3 Å². The van der Waals surface area contributed by atoms with Crippen LogP contribution in [0.25, 0.3) is 0 Å². The molecule has 0 aliphatic rings. The van der Waals surface area contributed by atoms with Gasteiger partial charge in [-0.3, -0.25) is 9.59 Å². The number of carbonyl (C=O) groups is 2. The summed E-state index contributed by atoms with van der Waals surface area (Å²) in [6.45, 7) is 1.68. The van der Waals surface area contributed by atoms with Crippen LogP contribution in [0.15, 0.2) is 36.1 Å². The molecule has 1 aromatic carbocycles. The summed E-state index contributed by atoms with van der Waals surface area (Å²) in [5, 5.41) is 23.7. The number of hydrogen-bond acceptors (Lipinski definition) is 9. The van der Waals surface area contributed by atoms with Crippen molar-refractivity contribution in [2.45, 2.75) is 13.5 Å². The smallest absolute Gasteiger partial charge is 0.404 e. The maximum absolute atomic E-state index is 12.2. The first-order chi connectivity index (χ1) is 16.2.